The van der Waals surface area contributed by atoms with Crippen molar-refractivity contribution in [3.8, 4) is 11.8 Å². The molecule has 4 heteroatoms. The van der Waals surface area contributed by atoms with Crippen molar-refractivity contribution >= 4 is 10.9 Å². The Labute approximate surface area is 195 Å². The first-order valence-electron chi connectivity index (χ1n) is 11.7. The van der Waals surface area contributed by atoms with E-state index in [1.807, 2.05) is 4.57 Å². The summed E-state index contributed by atoms with van der Waals surface area (Å²) < 4.78 is 30.7. The van der Waals surface area contributed by atoms with Gasteiger partial charge in [-0.3, -0.25) is 0 Å². The quantitative estimate of drug-likeness (QED) is 0.351. The van der Waals surface area contributed by atoms with E-state index in [4.69, 9.17) is 0 Å². The minimum atomic E-state index is -0.436. The molecule has 4 rings (SSSR count). The van der Waals surface area contributed by atoms with Crippen LogP contribution in [0.4, 0.5) is 8.78 Å². The van der Waals surface area contributed by atoms with E-state index in [0.717, 1.165) is 48.0 Å². The number of rotatable bonds is 6. The number of halogens is 2. The van der Waals surface area contributed by atoms with Crippen LogP contribution in [0.5, 0.6) is 0 Å². The third-order valence-corrected chi connectivity index (χ3v) is 7.40. The summed E-state index contributed by atoms with van der Waals surface area (Å²) >= 11 is 0. The number of nitrogens with zero attached hydrogens (tertiary/aromatic N) is 2. The van der Waals surface area contributed by atoms with Crippen molar-refractivity contribution in [2.24, 2.45) is 11.3 Å². The van der Waals surface area contributed by atoms with E-state index in [1.165, 1.54) is 23.8 Å². The lowest BCUT2D eigenvalue weighted by Crippen LogP contribution is -2.35. The third kappa shape index (κ3) is 4.10. The first kappa shape index (κ1) is 23.2. The van der Waals surface area contributed by atoms with E-state index in [1.54, 1.807) is 19.1 Å². The first-order valence-corrected chi connectivity index (χ1v) is 11.7. The molecule has 0 spiro atoms. The molecule has 1 aromatic heterocycles. The number of aryl methyl sites for hydroxylation is 2. The molecule has 1 aliphatic carbocycles. The Morgan fingerprint density at radius 3 is 2.52 bits per heavy atom. The van der Waals surface area contributed by atoms with Gasteiger partial charge >= 0.3 is 0 Å². The van der Waals surface area contributed by atoms with E-state index < -0.39 is 5.82 Å². The van der Waals surface area contributed by atoms with Gasteiger partial charge in [0.05, 0.1) is 17.1 Å². The summed E-state index contributed by atoms with van der Waals surface area (Å²) in [5, 5.41) is 10.7. The lowest BCUT2D eigenvalue weighted by atomic mass is 9.59. The molecule has 0 radical (unpaired) electrons. The summed E-state index contributed by atoms with van der Waals surface area (Å²) in [6, 6.07) is 10.1. The van der Waals surface area contributed by atoms with Gasteiger partial charge in [0.1, 0.15) is 11.6 Å². The molecule has 0 atom stereocenters. The van der Waals surface area contributed by atoms with Gasteiger partial charge in [-0.2, -0.15) is 5.26 Å². The van der Waals surface area contributed by atoms with Crippen molar-refractivity contribution in [1.29, 1.82) is 5.26 Å². The predicted molar refractivity (Wildman–Crippen MR) is 131 cm³/mol. The summed E-state index contributed by atoms with van der Waals surface area (Å²) in [4.78, 5) is 0. The highest BCUT2D eigenvalue weighted by molar-refractivity contribution is 5.92. The van der Waals surface area contributed by atoms with Crippen molar-refractivity contribution in [1.82, 2.24) is 4.57 Å². The van der Waals surface area contributed by atoms with Crippen LogP contribution in [0.1, 0.15) is 75.3 Å². The molecular weight excluding hydrogens is 414 g/mol. The lowest BCUT2D eigenvalue weighted by molar-refractivity contribution is 0.0887. The largest absolute Gasteiger partial charge is 0.313 e. The van der Waals surface area contributed by atoms with Crippen LogP contribution in [0.3, 0.4) is 0 Å². The SMILES string of the molecule is C=C(C)C1CC(C)(CCc2c(C(C)C)n(-c3ccc(F)c(C)c3)c3cc(F)cc(C#N)c23)C1. The molecule has 1 aliphatic rings. The predicted octanol–water partition coefficient (Wildman–Crippen LogP) is 8.14. The topological polar surface area (TPSA) is 28.7 Å². The van der Waals surface area contributed by atoms with Gasteiger partial charge in [-0.1, -0.05) is 32.9 Å². The van der Waals surface area contributed by atoms with Gasteiger partial charge in [0.15, 0.2) is 0 Å². The van der Waals surface area contributed by atoms with Crippen LogP contribution in [-0.4, -0.2) is 4.57 Å². The minimum Gasteiger partial charge on any atom is -0.313 e. The Bertz CT molecular complexity index is 1280. The maximum absolute atomic E-state index is 14.6. The fourth-order valence-electron chi connectivity index (χ4n) is 5.58. The zero-order valence-corrected chi connectivity index (χ0v) is 20.2. The monoisotopic (exact) mass is 446 g/mol. The van der Waals surface area contributed by atoms with Gasteiger partial charge in [-0.25, -0.2) is 8.78 Å². The van der Waals surface area contributed by atoms with E-state index in [9.17, 15) is 14.0 Å². The van der Waals surface area contributed by atoms with Crippen LogP contribution < -0.4 is 0 Å². The zero-order chi connectivity index (χ0) is 24.1. The molecule has 3 aromatic rings. The number of aromatic nitrogens is 1. The minimum absolute atomic E-state index is 0.143. The van der Waals surface area contributed by atoms with Crippen LogP contribution in [-0.2, 0) is 6.42 Å². The fraction of sp³-hybridized carbons (Fsp3) is 0.414. The maximum Gasteiger partial charge on any atom is 0.126 e. The second-order valence-electron chi connectivity index (χ2n) is 10.5. The van der Waals surface area contributed by atoms with Crippen LogP contribution in [0.15, 0.2) is 42.5 Å². The molecule has 2 aromatic carbocycles. The molecule has 2 nitrogen and oxygen atoms in total. The molecule has 0 saturated heterocycles. The van der Waals surface area contributed by atoms with Gasteiger partial charge in [0.2, 0.25) is 0 Å². The Balaban J connectivity index is 1.90. The van der Waals surface area contributed by atoms with Gasteiger partial charge < -0.3 is 4.57 Å². The molecule has 33 heavy (non-hydrogen) atoms. The molecule has 0 aliphatic heterocycles. The summed E-state index contributed by atoms with van der Waals surface area (Å²) in [7, 11) is 0. The van der Waals surface area contributed by atoms with E-state index in [2.05, 4.69) is 40.3 Å². The molecule has 172 valence electrons. The highest BCUT2D eigenvalue weighted by Gasteiger charge is 2.40. The second-order valence-corrected chi connectivity index (χ2v) is 10.5. The standard InChI is InChI=1S/C29H32F2N2/c1-17(2)21-14-29(6,15-21)10-9-24-27-20(16-32)12-22(30)13-26(27)33(28(24)18(3)4)23-7-8-25(31)19(5)11-23/h7-8,11-13,18,21H,1,9-10,14-15H2,2-6H3. The van der Waals surface area contributed by atoms with E-state index in [-0.39, 0.29) is 17.2 Å². The van der Waals surface area contributed by atoms with E-state index in [0.29, 0.717) is 22.6 Å². The number of hydrogen-bond acceptors (Lipinski definition) is 1. The van der Waals surface area contributed by atoms with Crippen molar-refractivity contribution in [2.45, 2.75) is 66.2 Å². The van der Waals surface area contributed by atoms with Crippen LogP contribution in [0.2, 0.25) is 0 Å². The Morgan fingerprint density at radius 1 is 1.24 bits per heavy atom. The van der Waals surface area contributed by atoms with Gasteiger partial charge in [0, 0.05) is 16.8 Å². The van der Waals surface area contributed by atoms with Crippen molar-refractivity contribution in [2.75, 3.05) is 0 Å². The molecule has 1 fully saturated rings. The molecule has 1 saturated carbocycles. The average Bonchev–Trinajstić information content (AvgIpc) is 3.05. The van der Waals surface area contributed by atoms with Crippen molar-refractivity contribution < 1.29 is 8.78 Å². The second kappa shape index (κ2) is 8.45. The fourth-order valence-corrected chi connectivity index (χ4v) is 5.58. The number of hydrogen-bond donors (Lipinski definition) is 0. The zero-order valence-electron chi connectivity index (χ0n) is 20.2. The lowest BCUT2D eigenvalue weighted by Gasteiger charge is -2.46. The summed E-state index contributed by atoms with van der Waals surface area (Å²) in [5.41, 5.74) is 6.03. The highest BCUT2D eigenvalue weighted by atomic mass is 19.1. The van der Waals surface area contributed by atoms with Gasteiger partial charge in [-0.15, -0.1) is 0 Å². The first-order chi connectivity index (χ1) is 15.5. The van der Waals surface area contributed by atoms with Crippen LogP contribution in [0.25, 0.3) is 16.6 Å². The number of allylic oxidation sites excluding steroid dienone is 1. The Hall–Kier alpha value is -2.93. The summed E-state index contributed by atoms with van der Waals surface area (Å²) in [6.45, 7) is 14.5. The molecule has 0 amide bonds. The maximum atomic E-state index is 14.6. The Kier molecular flexibility index (Phi) is 5.95. The van der Waals surface area contributed by atoms with Gasteiger partial charge in [-0.05, 0) is 98.2 Å². The molecule has 0 N–H and O–H groups in total. The molecular formula is C29H32F2N2. The molecule has 0 bridgehead atoms. The average molecular weight is 447 g/mol. The molecule has 1 heterocycles. The normalized spacial score (nSPS) is 20.2. The highest BCUT2D eigenvalue weighted by Crippen LogP contribution is 2.51. The molecule has 0 unspecified atom stereocenters. The van der Waals surface area contributed by atoms with Gasteiger partial charge in [0.25, 0.3) is 0 Å². The van der Waals surface area contributed by atoms with Crippen molar-refractivity contribution in [3.63, 3.8) is 0 Å². The van der Waals surface area contributed by atoms with Crippen LogP contribution >= 0.6 is 0 Å². The Morgan fingerprint density at radius 2 is 1.94 bits per heavy atom. The van der Waals surface area contributed by atoms with Crippen molar-refractivity contribution in [3.05, 3.63) is 76.5 Å². The van der Waals surface area contributed by atoms with Crippen LogP contribution in [0, 0.1) is 41.2 Å². The van der Waals surface area contributed by atoms with E-state index >= 15 is 0 Å². The number of fused-ring (bicyclic) bond motifs is 1. The number of benzene rings is 2. The number of nitriles is 1. The smallest absolute Gasteiger partial charge is 0.126 e. The third-order valence-electron chi connectivity index (χ3n) is 7.40. The summed E-state index contributed by atoms with van der Waals surface area (Å²) in [5.74, 6) is 0.0285. The summed E-state index contributed by atoms with van der Waals surface area (Å²) in [6.07, 6.45) is 4.08.